The lowest BCUT2D eigenvalue weighted by Crippen LogP contribution is -2.01. The molecule has 6 heteroatoms. The van der Waals surface area contributed by atoms with E-state index in [9.17, 15) is 10.1 Å². The van der Waals surface area contributed by atoms with Gasteiger partial charge in [0.05, 0.1) is 19.8 Å². The summed E-state index contributed by atoms with van der Waals surface area (Å²) in [5.74, 6) is 0.425. The first-order valence-electron chi connectivity index (χ1n) is 5.38. The van der Waals surface area contributed by atoms with Gasteiger partial charge in [-0.25, -0.2) is 9.55 Å². The fourth-order valence-electron chi connectivity index (χ4n) is 1.52. The first kappa shape index (κ1) is 12.0. The second-order valence-electron chi connectivity index (χ2n) is 3.75. The van der Waals surface area contributed by atoms with Crippen LogP contribution in [0.2, 0.25) is 0 Å². The van der Waals surface area contributed by atoms with E-state index in [0.717, 1.165) is 5.56 Å². The third kappa shape index (κ3) is 2.60. The van der Waals surface area contributed by atoms with E-state index in [4.69, 9.17) is 0 Å². The molecule has 0 bridgehead atoms. The summed E-state index contributed by atoms with van der Waals surface area (Å²) in [6, 6.07) is 9.76. The van der Waals surface area contributed by atoms with Crippen molar-refractivity contribution in [2.45, 2.75) is 6.54 Å². The Morgan fingerprint density at radius 2 is 2.17 bits per heavy atom. The van der Waals surface area contributed by atoms with Crippen LogP contribution in [0.5, 0.6) is 0 Å². The molecule has 0 aliphatic carbocycles. The summed E-state index contributed by atoms with van der Waals surface area (Å²) in [6.45, 7) is 0.529. The Balaban J connectivity index is 2.08. The van der Waals surface area contributed by atoms with Crippen LogP contribution in [0.15, 0.2) is 41.5 Å². The van der Waals surface area contributed by atoms with Crippen molar-refractivity contribution >= 4 is 12.0 Å². The molecule has 1 aromatic heterocycles. The molecule has 0 saturated carbocycles. The molecular weight excluding hydrogens is 232 g/mol. The minimum atomic E-state index is -0.471. The number of aliphatic imine (C=N–C) groups is 1. The highest BCUT2D eigenvalue weighted by molar-refractivity contribution is 5.75. The topological polar surface area (TPSA) is 73.3 Å². The van der Waals surface area contributed by atoms with Gasteiger partial charge in [-0.2, -0.15) is 0 Å². The molecule has 92 valence electrons. The Hall–Kier alpha value is -2.50. The third-order valence-corrected chi connectivity index (χ3v) is 2.51. The van der Waals surface area contributed by atoms with Crippen molar-refractivity contribution in [1.29, 1.82) is 0 Å². The summed E-state index contributed by atoms with van der Waals surface area (Å²) in [5, 5.41) is 10.6. The van der Waals surface area contributed by atoms with Crippen LogP contribution in [-0.4, -0.2) is 20.7 Å². The molecule has 0 unspecified atom stereocenters. The van der Waals surface area contributed by atoms with Crippen LogP contribution in [0.4, 0.5) is 5.82 Å². The lowest BCUT2D eigenvalue weighted by molar-refractivity contribution is -0.391. The van der Waals surface area contributed by atoms with E-state index in [1.807, 2.05) is 30.3 Å². The Morgan fingerprint density at radius 1 is 1.44 bits per heavy atom. The molecule has 0 aliphatic heterocycles. The number of hydrogen-bond acceptors (Lipinski definition) is 4. The van der Waals surface area contributed by atoms with Crippen molar-refractivity contribution in [2.75, 3.05) is 0 Å². The van der Waals surface area contributed by atoms with Crippen LogP contribution in [0.25, 0.3) is 0 Å². The van der Waals surface area contributed by atoms with Crippen molar-refractivity contribution < 1.29 is 4.92 Å². The van der Waals surface area contributed by atoms with Crippen molar-refractivity contribution in [1.82, 2.24) is 9.55 Å². The molecule has 0 amide bonds. The molecule has 6 nitrogen and oxygen atoms in total. The Kier molecular flexibility index (Phi) is 3.47. The molecule has 0 saturated heterocycles. The van der Waals surface area contributed by atoms with Gasteiger partial charge >= 0.3 is 5.82 Å². The molecule has 2 rings (SSSR count). The van der Waals surface area contributed by atoms with Crippen molar-refractivity contribution in [3.05, 3.63) is 58.0 Å². The summed E-state index contributed by atoms with van der Waals surface area (Å²) in [4.78, 5) is 18.3. The summed E-state index contributed by atoms with van der Waals surface area (Å²) in [6.07, 6.45) is 2.77. The van der Waals surface area contributed by atoms with Gasteiger partial charge in [0.15, 0.2) is 0 Å². The number of benzene rings is 1. The molecular formula is C12H12N4O2. The van der Waals surface area contributed by atoms with Gasteiger partial charge in [-0.1, -0.05) is 30.3 Å². The van der Waals surface area contributed by atoms with E-state index in [0.29, 0.717) is 12.4 Å². The van der Waals surface area contributed by atoms with E-state index in [1.54, 1.807) is 13.3 Å². The summed E-state index contributed by atoms with van der Waals surface area (Å²) < 4.78 is 1.40. The predicted octanol–water partition coefficient (Wildman–Crippen LogP) is 1.95. The molecule has 1 heterocycles. The van der Waals surface area contributed by atoms with Gasteiger partial charge < -0.3 is 10.1 Å². The second-order valence-corrected chi connectivity index (χ2v) is 3.75. The number of nitro groups is 1. The first-order chi connectivity index (χ1) is 8.68. The zero-order valence-electron chi connectivity index (χ0n) is 9.85. The average molecular weight is 244 g/mol. The van der Waals surface area contributed by atoms with Crippen molar-refractivity contribution in [3.63, 3.8) is 0 Å². The molecule has 0 spiro atoms. The fourth-order valence-corrected chi connectivity index (χ4v) is 1.52. The number of hydrogen-bond donors (Lipinski definition) is 0. The van der Waals surface area contributed by atoms with Gasteiger partial charge in [-0.15, -0.1) is 0 Å². The van der Waals surface area contributed by atoms with E-state index < -0.39 is 4.92 Å². The summed E-state index contributed by atoms with van der Waals surface area (Å²) >= 11 is 0. The predicted molar refractivity (Wildman–Crippen MR) is 67.6 cm³/mol. The monoisotopic (exact) mass is 244 g/mol. The zero-order valence-corrected chi connectivity index (χ0v) is 9.85. The normalized spacial score (nSPS) is 10.9. The van der Waals surface area contributed by atoms with Crippen molar-refractivity contribution in [3.8, 4) is 0 Å². The van der Waals surface area contributed by atoms with Gasteiger partial charge in [0.1, 0.15) is 6.20 Å². The van der Waals surface area contributed by atoms with Gasteiger partial charge in [0.25, 0.3) is 0 Å². The molecule has 0 aliphatic rings. The Morgan fingerprint density at radius 3 is 2.78 bits per heavy atom. The highest BCUT2D eigenvalue weighted by Gasteiger charge is 2.14. The molecule has 0 atom stereocenters. The van der Waals surface area contributed by atoms with Gasteiger partial charge in [0.2, 0.25) is 5.82 Å². The quantitative estimate of drug-likeness (QED) is 0.468. The van der Waals surface area contributed by atoms with Crippen LogP contribution < -0.4 is 0 Å². The smallest absolute Gasteiger partial charge is 0.342 e. The first-order valence-corrected chi connectivity index (χ1v) is 5.38. The van der Waals surface area contributed by atoms with Crippen LogP contribution in [0, 0.1) is 10.1 Å². The maximum Gasteiger partial charge on any atom is 0.342 e. The second kappa shape index (κ2) is 5.22. The number of rotatable bonds is 4. The van der Waals surface area contributed by atoms with E-state index in [-0.39, 0.29) is 5.82 Å². The standard InChI is InChI=1S/C12H12N4O2/c1-15-11(14-9-12(15)16(17)18)8-13-7-10-5-3-2-4-6-10/h2-6,8-9H,7H2,1H3. The lowest BCUT2D eigenvalue weighted by atomic mass is 10.2. The Labute approximate surface area is 104 Å². The number of aromatic nitrogens is 2. The van der Waals surface area contributed by atoms with Crippen LogP contribution in [0.1, 0.15) is 11.4 Å². The van der Waals surface area contributed by atoms with Gasteiger partial charge in [-0.05, 0) is 10.5 Å². The largest absolute Gasteiger partial charge is 0.358 e. The molecule has 0 fully saturated rings. The minimum absolute atomic E-state index is 0.0452. The number of imidazole rings is 1. The van der Waals surface area contributed by atoms with E-state index in [2.05, 4.69) is 9.98 Å². The molecule has 0 radical (unpaired) electrons. The van der Waals surface area contributed by atoms with E-state index >= 15 is 0 Å². The van der Waals surface area contributed by atoms with Crippen LogP contribution >= 0.6 is 0 Å². The third-order valence-electron chi connectivity index (χ3n) is 2.51. The minimum Gasteiger partial charge on any atom is -0.358 e. The van der Waals surface area contributed by atoms with Crippen molar-refractivity contribution in [2.24, 2.45) is 12.0 Å². The van der Waals surface area contributed by atoms with Crippen LogP contribution in [0.3, 0.4) is 0 Å². The molecule has 2 aromatic rings. The zero-order chi connectivity index (χ0) is 13.0. The maximum atomic E-state index is 10.6. The highest BCUT2D eigenvalue weighted by atomic mass is 16.6. The van der Waals surface area contributed by atoms with Gasteiger partial charge in [-0.3, -0.25) is 4.99 Å². The summed E-state index contributed by atoms with van der Waals surface area (Å²) in [5.41, 5.74) is 1.08. The molecule has 0 N–H and O–H groups in total. The molecule has 18 heavy (non-hydrogen) atoms. The number of nitrogens with zero attached hydrogens (tertiary/aromatic N) is 4. The highest BCUT2D eigenvalue weighted by Crippen LogP contribution is 2.10. The van der Waals surface area contributed by atoms with Gasteiger partial charge in [0, 0.05) is 0 Å². The summed E-state index contributed by atoms with van der Waals surface area (Å²) in [7, 11) is 1.59. The Bertz CT molecular complexity index is 575. The SMILES string of the molecule is Cn1c([N+](=O)[O-])cnc1C=NCc1ccccc1. The average Bonchev–Trinajstić information content (AvgIpc) is 2.73. The van der Waals surface area contributed by atoms with E-state index in [1.165, 1.54) is 10.8 Å². The van der Waals surface area contributed by atoms with Crippen LogP contribution in [-0.2, 0) is 13.6 Å². The lowest BCUT2D eigenvalue weighted by Gasteiger charge is -1.95. The molecule has 1 aromatic carbocycles. The maximum absolute atomic E-state index is 10.6. The fraction of sp³-hybridized carbons (Fsp3) is 0.167.